The molecule has 0 saturated carbocycles. The van der Waals surface area contributed by atoms with Crippen LogP contribution in [0.4, 0.5) is 0 Å². The normalized spacial score (nSPS) is 12.3. The zero-order chi connectivity index (χ0) is 11.4. The highest BCUT2D eigenvalue weighted by Crippen LogP contribution is 2.17. The minimum atomic E-state index is -0.608. The summed E-state index contributed by atoms with van der Waals surface area (Å²) in [5.41, 5.74) is 9.87. The van der Waals surface area contributed by atoms with Gasteiger partial charge in [0.1, 0.15) is 0 Å². The van der Waals surface area contributed by atoms with E-state index in [9.17, 15) is 4.79 Å². The SMILES string of the molecule is Cc1ccc(Br)cc1CC(N)C(=O)NN. The number of amides is 1. The van der Waals surface area contributed by atoms with Crippen LogP contribution in [0.15, 0.2) is 22.7 Å². The Kier molecular flexibility index (Phi) is 4.26. The predicted molar refractivity (Wildman–Crippen MR) is 62.9 cm³/mol. The quantitative estimate of drug-likeness (QED) is 0.428. The van der Waals surface area contributed by atoms with Gasteiger partial charge in [-0.05, 0) is 36.6 Å². The number of carbonyl (C=O) groups is 1. The van der Waals surface area contributed by atoms with Gasteiger partial charge < -0.3 is 5.73 Å². The highest BCUT2D eigenvalue weighted by molar-refractivity contribution is 9.10. The van der Waals surface area contributed by atoms with E-state index < -0.39 is 6.04 Å². The summed E-state index contributed by atoms with van der Waals surface area (Å²) in [7, 11) is 0. The first-order valence-corrected chi connectivity index (χ1v) is 5.35. The van der Waals surface area contributed by atoms with Crippen molar-refractivity contribution in [1.82, 2.24) is 5.43 Å². The first kappa shape index (κ1) is 12.2. The van der Waals surface area contributed by atoms with Crippen molar-refractivity contribution in [3.8, 4) is 0 Å². The molecule has 0 fully saturated rings. The molecular weight excluding hydrogens is 258 g/mol. The summed E-state index contributed by atoms with van der Waals surface area (Å²) in [4.78, 5) is 11.1. The summed E-state index contributed by atoms with van der Waals surface area (Å²) in [6.07, 6.45) is 0.480. The van der Waals surface area contributed by atoms with E-state index in [0.717, 1.165) is 15.6 Å². The fraction of sp³-hybridized carbons (Fsp3) is 0.300. The number of hydrazine groups is 1. The summed E-state index contributed by atoms with van der Waals surface area (Å²) in [5.74, 6) is 4.65. The topological polar surface area (TPSA) is 81.1 Å². The summed E-state index contributed by atoms with van der Waals surface area (Å²) in [5, 5.41) is 0. The molecule has 0 aliphatic rings. The van der Waals surface area contributed by atoms with Gasteiger partial charge in [-0.15, -0.1) is 0 Å². The van der Waals surface area contributed by atoms with Gasteiger partial charge in [0.2, 0.25) is 0 Å². The van der Waals surface area contributed by atoms with Gasteiger partial charge in [0, 0.05) is 4.47 Å². The second-order valence-corrected chi connectivity index (χ2v) is 4.31. The van der Waals surface area contributed by atoms with Gasteiger partial charge in [-0.25, -0.2) is 5.84 Å². The smallest absolute Gasteiger partial charge is 0.251 e. The van der Waals surface area contributed by atoms with Crippen LogP contribution in [0.2, 0.25) is 0 Å². The van der Waals surface area contributed by atoms with Gasteiger partial charge in [0.05, 0.1) is 6.04 Å². The molecule has 0 saturated heterocycles. The number of aryl methyl sites for hydroxylation is 1. The average molecular weight is 272 g/mol. The van der Waals surface area contributed by atoms with Crippen LogP contribution in [0, 0.1) is 6.92 Å². The molecule has 1 rings (SSSR count). The number of hydrogen-bond donors (Lipinski definition) is 3. The lowest BCUT2D eigenvalue weighted by Gasteiger charge is -2.12. The summed E-state index contributed by atoms with van der Waals surface area (Å²) in [6, 6.07) is 5.28. The van der Waals surface area contributed by atoms with E-state index in [0.29, 0.717) is 6.42 Å². The molecule has 4 nitrogen and oxygen atoms in total. The first-order valence-electron chi connectivity index (χ1n) is 4.55. The lowest BCUT2D eigenvalue weighted by Crippen LogP contribution is -2.45. The Bertz CT molecular complexity index is 368. The Hall–Kier alpha value is -0.910. The highest BCUT2D eigenvalue weighted by atomic mass is 79.9. The van der Waals surface area contributed by atoms with Crippen LogP contribution in [-0.4, -0.2) is 11.9 Å². The molecule has 0 aromatic heterocycles. The van der Waals surface area contributed by atoms with Crippen molar-refractivity contribution < 1.29 is 4.79 Å². The molecule has 1 aromatic carbocycles. The van der Waals surface area contributed by atoms with Gasteiger partial charge in [-0.1, -0.05) is 22.0 Å². The summed E-state index contributed by atoms with van der Waals surface area (Å²) in [6.45, 7) is 1.98. The molecule has 1 atom stereocenters. The molecule has 5 heteroatoms. The lowest BCUT2D eigenvalue weighted by molar-refractivity contribution is -0.122. The average Bonchev–Trinajstić information content (AvgIpc) is 2.22. The fourth-order valence-corrected chi connectivity index (χ4v) is 1.71. The van der Waals surface area contributed by atoms with Crippen LogP contribution >= 0.6 is 15.9 Å². The molecule has 1 amide bonds. The van der Waals surface area contributed by atoms with Crippen molar-refractivity contribution >= 4 is 21.8 Å². The van der Waals surface area contributed by atoms with Crippen molar-refractivity contribution in [1.29, 1.82) is 0 Å². The van der Waals surface area contributed by atoms with Crippen molar-refractivity contribution in [2.24, 2.45) is 11.6 Å². The molecule has 1 aromatic rings. The van der Waals surface area contributed by atoms with E-state index in [1.807, 2.05) is 30.5 Å². The molecule has 15 heavy (non-hydrogen) atoms. The third kappa shape index (κ3) is 3.30. The van der Waals surface area contributed by atoms with Crippen molar-refractivity contribution in [2.75, 3.05) is 0 Å². The van der Waals surface area contributed by atoms with Crippen molar-refractivity contribution in [3.63, 3.8) is 0 Å². The van der Waals surface area contributed by atoms with E-state index >= 15 is 0 Å². The molecule has 0 heterocycles. The standard InChI is InChI=1S/C10H14BrN3O/c1-6-2-3-8(11)4-7(6)5-9(12)10(15)14-13/h2-4,9H,5,12-13H2,1H3,(H,14,15). The minimum absolute atomic E-state index is 0.352. The number of nitrogens with two attached hydrogens (primary N) is 2. The maximum atomic E-state index is 11.1. The van der Waals surface area contributed by atoms with Crippen LogP contribution in [0.1, 0.15) is 11.1 Å². The minimum Gasteiger partial charge on any atom is -0.320 e. The lowest BCUT2D eigenvalue weighted by atomic mass is 10.0. The number of hydrogen-bond acceptors (Lipinski definition) is 3. The van der Waals surface area contributed by atoms with Gasteiger partial charge >= 0.3 is 0 Å². The van der Waals surface area contributed by atoms with Gasteiger partial charge in [0.25, 0.3) is 5.91 Å². The van der Waals surface area contributed by atoms with Crippen LogP contribution < -0.4 is 17.0 Å². The van der Waals surface area contributed by atoms with E-state index in [4.69, 9.17) is 11.6 Å². The third-order valence-corrected chi connectivity index (χ3v) is 2.72. The Labute approximate surface area is 97.1 Å². The molecule has 0 aliphatic carbocycles. The molecular formula is C10H14BrN3O. The van der Waals surface area contributed by atoms with Crippen LogP contribution in [0.25, 0.3) is 0 Å². The molecule has 0 aliphatic heterocycles. The monoisotopic (exact) mass is 271 g/mol. The Morgan fingerprint density at radius 3 is 2.87 bits per heavy atom. The van der Waals surface area contributed by atoms with Gasteiger partial charge in [-0.3, -0.25) is 10.2 Å². The van der Waals surface area contributed by atoms with E-state index in [-0.39, 0.29) is 5.91 Å². The fourth-order valence-electron chi connectivity index (χ4n) is 1.30. The zero-order valence-electron chi connectivity index (χ0n) is 8.46. The van der Waals surface area contributed by atoms with E-state index in [1.165, 1.54) is 0 Å². The first-order chi connectivity index (χ1) is 7.04. The Morgan fingerprint density at radius 2 is 2.27 bits per heavy atom. The zero-order valence-corrected chi connectivity index (χ0v) is 10.0. The van der Waals surface area contributed by atoms with Crippen LogP contribution in [0.5, 0.6) is 0 Å². The summed E-state index contributed by atoms with van der Waals surface area (Å²) >= 11 is 3.37. The van der Waals surface area contributed by atoms with Crippen molar-refractivity contribution in [2.45, 2.75) is 19.4 Å². The summed E-state index contributed by atoms with van der Waals surface area (Å²) < 4.78 is 0.975. The Balaban J connectivity index is 2.80. The number of rotatable bonds is 3. The second kappa shape index (κ2) is 5.25. The molecule has 1 unspecified atom stereocenters. The number of nitrogens with one attached hydrogen (secondary N) is 1. The maximum absolute atomic E-state index is 11.1. The third-order valence-electron chi connectivity index (χ3n) is 2.23. The molecule has 0 bridgehead atoms. The number of benzene rings is 1. The number of halogens is 1. The van der Waals surface area contributed by atoms with Crippen molar-refractivity contribution in [3.05, 3.63) is 33.8 Å². The van der Waals surface area contributed by atoms with E-state index in [2.05, 4.69) is 15.9 Å². The molecule has 82 valence electrons. The van der Waals surface area contributed by atoms with Gasteiger partial charge in [-0.2, -0.15) is 0 Å². The second-order valence-electron chi connectivity index (χ2n) is 3.39. The van der Waals surface area contributed by atoms with E-state index in [1.54, 1.807) is 0 Å². The molecule has 5 N–H and O–H groups in total. The maximum Gasteiger partial charge on any atom is 0.251 e. The highest BCUT2D eigenvalue weighted by Gasteiger charge is 2.13. The van der Waals surface area contributed by atoms with Gasteiger partial charge in [0.15, 0.2) is 0 Å². The molecule has 0 spiro atoms. The largest absolute Gasteiger partial charge is 0.320 e. The molecule has 0 radical (unpaired) electrons. The predicted octanol–water partition coefficient (Wildman–Crippen LogP) is 0.617. The van der Waals surface area contributed by atoms with Crippen LogP contribution in [-0.2, 0) is 11.2 Å². The van der Waals surface area contributed by atoms with Crippen LogP contribution in [0.3, 0.4) is 0 Å². The number of carbonyl (C=O) groups excluding carboxylic acids is 1. The Morgan fingerprint density at radius 1 is 1.60 bits per heavy atom.